The molecule has 3 aromatic carbocycles. The van der Waals surface area contributed by atoms with Gasteiger partial charge in [-0.3, -0.25) is 4.79 Å². The zero-order chi connectivity index (χ0) is 18.6. The fraction of sp³-hybridized carbons (Fsp3) is 0.136. The van der Waals surface area contributed by atoms with Gasteiger partial charge in [-0.2, -0.15) is 0 Å². The van der Waals surface area contributed by atoms with E-state index in [1.54, 1.807) is 29.2 Å². The molecule has 0 unspecified atom stereocenters. The lowest BCUT2D eigenvalue weighted by Gasteiger charge is -2.29. The van der Waals surface area contributed by atoms with Crippen molar-refractivity contribution in [2.75, 3.05) is 18.1 Å². The summed E-state index contributed by atoms with van der Waals surface area (Å²) >= 11 is 6.14. The number of halogens is 1. The van der Waals surface area contributed by atoms with E-state index < -0.39 is 0 Å². The average Bonchev–Trinajstić information content (AvgIpc) is 2.73. The van der Waals surface area contributed by atoms with Crippen LogP contribution in [0.25, 0.3) is 0 Å². The first-order valence-corrected chi connectivity index (χ1v) is 9.10. The molecule has 4 rings (SSSR count). The molecule has 3 aromatic rings. The van der Waals surface area contributed by atoms with Crippen molar-refractivity contribution in [3.63, 3.8) is 0 Å². The van der Waals surface area contributed by atoms with Crippen molar-refractivity contribution in [1.29, 1.82) is 0 Å². The Balaban J connectivity index is 1.46. The van der Waals surface area contributed by atoms with Crippen LogP contribution < -0.4 is 14.4 Å². The molecule has 0 radical (unpaired) electrons. The second-order valence-corrected chi connectivity index (χ2v) is 6.58. The highest BCUT2D eigenvalue weighted by Crippen LogP contribution is 2.32. The van der Waals surface area contributed by atoms with Gasteiger partial charge in [0, 0.05) is 16.1 Å². The van der Waals surface area contributed by atoms with Crippen molar-refractivity contribution in [3.8, 4) is 11.5 Å². The molecule has 1 amide bonds. The lowest BCUT2D eigenvalue weighted by Crippen LogP contribution is -2.37. The number of para-hydroxylation sites is 2. The number of nitrogens with zero attached hydrogens (tertiary/aromatic N) is 1. The van der Waals surface area contributed by atoms with Crippen LogP contribution in [0.1, 0.15) is 15.9 Å². The number of rotatable bonds is 4. The van der Waals surface area contributed by atoms with Crippen molar-refractivity contribution in [2.45, 2.75) is 6.61 Å². The summed E-state index contributed by atoms with van der Waals surface area (Å²) < 4.78 is 11.4. The number of carbonyl (C=O) groups is 1. The van der Waals surface area contributed by atoms with E-state index in [9.17, 15) is 4.79 Å². The molecule has 4 nitrogen and oxygen atoms in total. The smallest absolute Gasteiger partial charge is 0.258 e. The molecule has 0 bridgehead atoms. The van der Waals surface area contributed by atoms with Crippen LogP contribution in [-0.4, -0.2) is 19.1 Å². The van der Waals surface area contributed by atoms with Crippen molar-refractivity contribution >= 4 is 23.2 Å². The number of fused-ring (bicyclic) bond motifs is 1. The Morgan fingerprint density at radius 2 is 1.74 bits per heavy atom. The molecule has 1 aliphatic rings. The molecule has 1 aliphatic heterocycles. The van der Waals surface area contributed by atoms with Gasteiger partial charge in [-0.1, -0.05) is 41.9 Å². The number of hydrogen-bond acceptors (Lipinski definition) is 3. The number of hydrogen-bond donors (Lipinski definition) is 0. The van der Waals surface area contributed by atoms with Crippen LogP contribution in [0, 0.1) is 0 Å². The predicted molar refractivity (Wildman–Crippen MR) is 106 cm³/mol. The van der Waals surface area contributed by atoms with Crippen molar-refractivity contribution in [1.82, 2.24) is 0 Å². The van der Waals surface area contributed by atoms with E-state index in [0.29, 0.717) is 36.1 Å². The molecule has 0 aliphatic carbocycles. The van der Waals surface area contributed by atoms with Crippen molar-refractivity contribution < 1.29 is 14.3 Å². The van der Waals surface area contributed by atoms with E-state index in [1.165, 1.54) is 0 Å². The molecule has 0 spiro atoms. The van der Waals surface area contributed by atoms with Crippen LogP contribution in [0.4, 0.5) is 5.69 Å². The third-order valence-electron chi connectivity index (χ3n) is 4.43. The zero-order valence-corrected chi connectivity index (χ0v) is 15.4. The molecule has 1 heterocycles. The number of ether oxygens (including phenoxy) is 2. The van der Waals surface area contributed by atoms with Crippen LogP contribution in [0.2, 0.25) is 5.02 Å². The highest BCUT2D eigenvalue weighted by atomic mass is 35.5. The minimum absolute atomic E-state index is 0.0524. The Morgan fingerprint density at radius 3 is 2.56 bits per heavy atom. The van der Waals surface area contributed by atoms with Crippen LogP contribution >= 0.6 is 11.6 Å². The zero-order valence-electron chi connectivity index (χ0n) is 14.6. The van der Waals surface area contributed by atoms with Gasteiger partial charge < -0.3 is 14.4 Å². The fourth-order valence-corrected chi connectivity index (χ4v) is 3.20. The fourth-order valence-electron chi connectivity index (χ4n) is 3.01. The van der Waals surface area contributed by atoms with Gasteiger partial charge in [0.15, 0.2) is 0 Å². The van der Waals surface area contributed by atoms with Crippen LogP contribution in [0.5, 0.6) is 11.5 Å². The van der Waals surface area contributed by atoms with Gasteiger partial charge in [0.2, 0.25) is 0 Å². The lowest BCUT2D eigenvalue weighted by atomic mass is 10.1. The summed E-state index contributed by atoms with van der Waals surface area (Å²) in [6.07, 6.45) is 0. The highest BCUT2D eigenvalue weighted by molar-refractivity contribution is 6.31. The maximum Gasteiger partial charge on any atom is 0.258 e. The van der Waals surface area contributed by atoms with Crippen LogP contribution in [-0.2, 0) is 6.61 Å². The largest absolute Gasteiger partial charge is 0.490 e. The first-order chi connectivity index (χ1) is 13.2. The van der Waals surface area contributed by atoms with Gasteiger partial charge in [0.05, 0.1) is 12.2 Å². The molecule has 136 valence electrons. The molecule has 5 heteroatoms. The van der Waals surface area contributed by atoms with Crippen LogP contribution in [0.3, 0.4) is 0 Å². The molecule has 0 atom stereocenters. The monoisotopic (exact) mass is 379 g/mol. The summed E-state index contributed by atoms with van der Waals surface area (Å²) in [4.78, 5) is 14.7. The third-order valence-corrected chi connectivity index (χ3v) is 4.80. The van der Waals surface area contributed by atoms with Gasteiger partial charge in [-0.15, -0.1) is 0 Å². The summed E-state index contributed by atoms with van der Waals surface area (Å²) in [5.41, 5.74) is 2.33. The van der Waals surface area contributed by atoms with E-state index in [-0.39, 0.29) is 5.91 Å². The molecule has 0 N–H and O–H groups in total. The van der Waals surface area contributed by atoms with Gasteiger partial charge in [0.1, 0.15) is 24.7 Å². The maximum absolute atomic E-state index is 12.9. The molecule has 0 aromatic heterocycles. The first kappa shape index (κ1) is 17.4. The van der Waals surface area contributed by atoms with E-state index in [2.05, 4.69) is 0 Å². The minimum atomic E-state index is -0.0524. The Bertz CT molecular complexity index is 956. The van der Waals surface area contributed by atoms with E-state index in [1.807, 2.05) is 48.5 Å². The first-order valence-electron chi connectivity index (χ1n) is 8.72. The van der Waals surface area contributed by atoms with Crippen molar-refractivity contribution in [3.05, 3.63) is 88.9 Å². The Kier molecular flexibility index (Phi) is 4.99. The average molecular weight is 380 g/mol. The topological polar surface area (TPSA) is 38.8 Å². The predicted octanol–water partition coefficient (Wildman–Crippen LogP) is 4.96. The molecule has 0 fully saturated rings. The minimum Gasteiger partial charge on any atom is -0.490 e. The Morgan fingerprint density at radius 1 is 1.00 bits per heavy atom. The summed E-state index contributed by atoms with van der Waals surface area (Å²) in [6.45, 7) is 1.40. The van der Waals surface area contributed by atoms with Crippen LogP contribution in [0.15, 0.2) is 72.8 Å². The second kappa shape index (κ2) is 7.72. The lowest BCUT2D eigenvalue weighted by molar-refractivity contribution is 0.0976. The molecular weight excluding hydrogens is 362 g/mol. The quantitative estimate of drug-likeness (QED) is 0.643. The number of anilines is 1. The standard InChI is InChI=1S/C22H18ClNO3/c23-19-6-2-1-5-17(19)15-27-18-11-9-16(10-12-18)22(25)24-13-14-26-21-8-4-3-7-20(21)24/h1-12H,13-15H2. The number of amides is 1. The van der Waals surface area contributed by atoms with Gasteiger partial charge >= 0.3 is 0 Å². The van der Waals surface area contributed by atoms with E-state index in [4.69, 9.17) is 21.1 Å². The summed E-state index contributed by atoms with van der Waals surface area (Å²) in [6, 6.07) is 22.3. The molecule has 27 heavy (non-hydrogen) atoms. The molecule has 0 saturated carbocycles. The SMILES string of the molecule is O=C(c1ccc(OCc2ccccc2Cl)cc1)N1CCOc2ccccc21. The number of benzene rings is 3. The second-order valence-electron chi connectivity index (χ2n) is 6.18. The highest BCUT2D eigenvalue weighted by Gasteiger charge is 2.24. The Labute approximate surface area is 162 Å². The van der Waals surface area contributed by atoms with Gasteiger partial charge in [-0.05, 0) is 42.5 Å². The maximum atomic E-state index is 12.9. The molecular formula is C22H18ClNO3. The van der Waals surface area contributed by atoms with E-state index in [0.717, 1.165) is 17.0 Å². The van der Waals surface area contributed by atoms with E-state index >= 15 is 0 Å². The Hall–Kier alpha value is -2.98. The molecule has 0 saturated heterocycles. The van der Waals surface area contributed by atoms with Crippen molar-refractivity contribution in [2.24, 2.45) is 0 Å². The summed E-state index contributed by atoms with van der Waals surface area (Å²) in [5.74, 6) is 1.37. The number of carbonyl (C=O) groups excluding carboxylic acids is 1. The van der Waals surface area contributed by atoms with Gasteiger partial charge in [0.25, 0.3) is 5.91 Å². The van der Waals surface area contributed by atoms with Gasteiger partial charge in [-0.25, -0.2) is 0 Å². The summed E-state index contributed by atoms with van der Waals surface area (Å²) in [5, 5.41) is 0.676. The normalized spacial score (nSPS) is 12.9. The summed E-state index contributed by atoms with van der Waals surface area (Å²) in [7, 11) is 0. The third kappa shape index (κ3) is 3.76.